The summed E-state index contributed by atoms with van der Waals surface area (Å²) < 4.78 is 0. The molecule has 3 aromatic heterocycles. The Hall–Kier alpha value is -2.11. The normalized spacial score (nSPS) is 10.9. The molecular weight excluding hydrogens is 274 g/mol. The van der Waals surface area contributed by atoms with Gasteiger partial charge in [0.2, 0.25) is 0 Å². The maximum atomic E-state index is 6.16. The highest BCUT2D eigenvalue weighted by Gasteiger charge is 2.09. The number of hydrogen-bond acceptors (Lipinski definition) is 4. The summed E-state index contributed by atoms with van der Waals surface area (Å²) in [5.74, 6) is 0.719. The first-order chi connectivity index (χ1) is 9.78. The van der Waals surface area contributed by atoms with Gasteiger partial charge < -0.3 is 16.0 Å². The van der Waals surface area contributed by atoms with Gasteiger partial charge in [-0.2, -0.15) is 0 Å². The van der Waals surface area contributed by atoms with Crippen molar-refractivity contribution in [1.82, 2.24) is 15.0 Å². The molecule has 0 unspecified atom stereocenters. The highest BCUT2D eigenvalue weighted by atomic mass is 35.5. The number of nitrogens with zero attached hydrogens (tertiary/aromatic N) is 2. The van der Waals surface area contributed by atoms with E-state index in [1.807, 2.05) is 24.4 Å². The Balaban J connectivity index is 2.07. The fourth-order valence-electron chi connectivity index (χ4n) is 2.09. The van der Waals surface area contributed by atoms with Crippen LogP contribution in [0.2, 0.25) is 5.02 Å². The van der Waals surface area contributed by atoms with Gasteiger partial charge in [-0.3, -0.25) is 0 Å². The number of aromatic amines is 1. The summed E-state index contributed by atoms with van der Waals surface area (Å²) in [5.41, 5.74) is 8.10. The summed E-state index contributed by atoms with van der Waals surface area (Å²) in [7, 11) is 0. The number of rotatable bonds is 4. The molecule has 0 aliphatic carbocycles. The molecule has 3 heterocycles. The molecule has 4 N–H and O–H groups in total. The Labute approximate surface area is 121 Å². The molecule has 0 amide bonds. The van der Waals surface area contributed by atoms with Crippen LogP contribution in [-0.4, -0.2) is 28.0 Å². The first kappa shape index (κ1) is 12.9. The van der Waals surface area contributed by atoms with Crippen LogP contribution >= 0.6 is 11.6 Å². The van der Waals surface area contributed by atoms with Crippen molar-refractivity contribution in [2.75, 3.05) is 18.4 Å². The van der Waals surface area contributed by atoms with E-state index < -0.39 is 0 Å². The number of halogens is 1. The van der Waals surface area contributed by atoms with Crippen LogP contribution < -0.4 is 11.1 Å². The van der Waals surface area contributed by atoms with Crippen molar-refractivity contribution in [1.29, 1.82) is 0 Å². The van der Waals surface area contributed by atoms with Gasteiger partial charge in [-0.15, -0.1) is 0 Å². The monoisotopic (exact) mass is 287 g/mol. The quantitative estimate of drug-likeness (QED) is 0.689. The number of pyridine rings is 2. The Morgan fingerprint density at radius 2 is 2.25 bits per heavy atom. The summed E-state index contributed by atoms with van der Waals surface area (Å²) in [6, 6.07) is 7.53. The molecule has 0 spiro atoms. The molecule has 20 heavy (non-hydrogen) atoms. The van der Waals surface area contributed by atoms with E-state index in [-0.39, 0.29) is 0 Å². The summed E-state index contributed by atoms with van der Waals surface area (Å²) in [5, 5.41) is 4.79. The van der Waals surface area contributed by atoms with E-state index in [4.69, 9.17) is 17.3 Å². The van der Waals surface area contributed by atoms with Gasteiger partial charge in [0.15, 0.2) is 0 Å². The Bertz CT molecular complexity index is 737. The maximum absolute atomic E-state index is 6.16. The number of nitrogens with two attached hydrogens (primary N) is 1. The van der Waals surface area contributed by atoms with Gasteiger partial charge in [0.1, 0.15) is 11.5 Å². The fraction of sp³-hybridized carbons (Fsp3) is 0.143. The van der Waals surface area contributed by atoms with E-state index in [0.717, 1.165) is 28.1 Å². The molecule has 0 aliphatic heterocycles. The molecule has 0 fully saturated rings. The number of hydrogen-bond donors (Lipinski definition) is 3. The van der Waals surface area contributed by atoms with Crippen molar-refractivity contribution < 1.29 is 0 Å². The highest BCUT2D eigenvalue weighted by molar-refractivity contribution is 6.31. The summed E-state index contributed by atoms with van der Waals surface area (Å²) in [6.45, 7) is 1.20. The van der Waals surface area contributed by atoms with E-state index in [1.165, 1.54) is 0 Å². The molecule has 0 bridgehead atoms. The third-order valence-corrected chi connectivity index (χ3v) is 3.19. The molecule has 0 atom stereocenters. The van der Waals surface area contributed by atoms with Gasteiger partial charge in [0.05, 0.1) is 5.69 Å². The minimum absolute atomic E-state index is 0.542. The lowest BCUT2D eigenvalue weighted by molar-refractivity contribution is 1.01. The zero-order chi connectivity index (χ0) is 13.9. The number of nitrogens with one attached hydrogen (secondary N) is 2. The van der Waals surface area contributed by atoms with Gasteiger partial charge in [0, 0.05) is 41.5 Å². The van der Waals surface area contributed by atoms with Crippen molar-refractivity contribution in [3.05, 3.63) is 41.7 Å². The molecule has 0 aromatic carbocycles. The van der Waals surface area contributed by atoms with Crippen molar-refractivity contribution in [3.63, 3.8) is 0 Å². The molecule has 0 radical (unpaired) electrons. The van der Waals surface area contributed by atoms with Gasteiger partial charge in [-0.05, 0) is 24.3 Å². The first-order valence-electron chi connectivity index (χ1n) is 6.32. The molecule has 3 rings (SSSR count). The van der Waals surface area contributed by atoms with Gasteiger partial charge in [0.25, 0.3) is 0 Å². The predicted octanol–water partition coefficient (Wildman–Crippen LogP) is 2.65. The topological polar surface area (TPSA) is 79.6 Å². The summed E-state index contributed by atoms with van der Waals surface area (Å²) >= 11 is 6.16. The van der Waals surface area contributed by atoms with Crippen LogP contribution in [-0.2, 0) is 0 Å². The zero-order valence-electron chi connectivity index (χ0n) is 10.7. The van der Waals surface area contributed by atoms with Crippen LogP contribution in [0.25, 0.3) is 22.3 Å². The van der Waals surface area contributed by atoms with Crippen molar-refractivity contribution in [2.24, 2.45) is 5.73 Å². The number of H-pyrrole nitrogens is 1. The van der Waals surface area contributed by atoms with Crippen molar-refractivity contribution in [3.8, 4) is 11.3 Å². The van der Waals surface area contributed by atoms with Crippen LogP contribution in [0, 0.1) is 0 Å². The molecule has 3 aromatic rings. The van der Waals surface area contributed by atoms with Crippen LogP contribution in [0.15, 0.2) is 36.7 Å². The predicted molar refractivity (Wildman–Crippen MR) is 81.9 cm³/mol. The summed E-state index contributed by atoms with van der Waals surface area (Å²) in [6.07, 6.45) is 3.64. The molecule has 5 nitrogen and oxygen atoms in total. The first-order valence-corrected chi connectivity index (χ1v) is 6.70. The second kappa shape index (κ2) is 5.48. The van der Waals surface area contributed by atoms with E-state index in [0.29, 0.717) is 18.1 Å². The Morgan fingerprint density at radius 1 is 1.35 bits per heavy atom. The van der Waals surface area contributed by atoms with Crippen LogP contribution in [0.3, 0.4) is 0 Å². The molecule has 0 saturated carbocycles. The van der Waals surface area contributed by atoms with Crippen LogP contribution in [0.5, 0.6) is 0 Å². The average Bonchev–Trinajstić information content (AvgIpc) is 2.88. The average molecular weight is 288 g/mol. The van der Waals surface area contributed by atoms with Gasteiger partial charge in [-0.25, -0.2) is 9.97 Å². The minimum atomic E-state index is 0.542. The molecule has 6 heteroatoms. The third-order valence-electron chi connectivity index (χ3n) is 2.97. The number of fused-ring (bicyclic) bond motifs is 1. The second-order valence-electron chi connectivity index (χ2n) is 4.37. The number of anilines is 1. The maximum Gasteiger partial charge on any atom is 0.137 e. The minimum Gasteiger partial charge on any atom is -0.369 e. The second-order valence-corrected chi connectivity index (χ2v) is 4.81. The third kappa shape index (κ3) is 2.45. The highest BCUT2D eigenvalue weighted by Crippen LogP contribution is 2.29. The van der Waals surface area contributed by atoms with E-state index in [2.05, 4.69) is 20.3 Å². The number of aromatic nitrogens is 3. The van der Waals surface area contributed by atoms with Crippen molar-refractivity contribution in [2.45, 2.75) is 0 Å². The van der Waals surface area contributed by atoms with Gasteiger partial charge in [-0.1, -0.05) is 11.6 Å². The van der Waals surface area contributed by atoms with Gasteiger partial charge >= 0.3 is 0 Å². The standard InChI is InChI=1S/C14H14ClN5/c15-9-6-12(20-13(7-9)17-5-3-16)11-8-19-14-10(11)2-1-4-18-14/h1-2,4,6-8H,3,5,16H2,(H,17,20)(H,18,19). The van der Waals surface area contributed by atoms with E-state index in [9.17, 15) is 0 Å². The Kier molecular flexibility index (Phi) is 3.54. The van der Waals surface area contributed by atoms with E-state index >= 15 is 0 Å². The smallest absolute Gasteiger partial charge is 0.137 e. The fourth-order valence-corrected chi connectivity index (χ4v) is 2.30. The molecule has 102 valence electrons. The lowest BCUT2D eigenvalue weighted by Gasteiger charge is -2.07. The molecule has 0 aliphatic rings. The van der Waals surface area contributed by atoms with Crippen molar-refractivity contribution >= 4 is 28.5 Å². The van der Waals surface area contributed by atoms with Crippen LogP contribution in [0.4, 0.5) is 5.82 Å². The largest absolute Gasteiger partial charge is 0.369 e. The van der Waals surface area contributed by atoms with E-state index in [1.54, 1.807) is 12.3 Å². The van der Waals surface area contributed by atoms with Crippen LogP contribution in [0.1, 0.15) is 0 Å². The SMILES string of the molecule is NCCNc1cc(Cl)cc(-c2c[nH]c3ncccc23)n1. The Morgan fingerprint density at radius 3 is 3.10 bits per heavy atom. The summed E-state index contributed by atoms with van der Waals surface area (Å²) in [4.78, 5) is 12.0. The molecular formula is C14H14ClN5. The molecule has 0 saturated heterocycles. The zero-order valence-corrected chi connectivity index (χ0v) is 11.5. The lowest BCUT2D eigenvalue weighted by Crippen LogP contribution is -2.13. The lowest BCUT2D eigenvalue weighted by atomic mass is 10.1.